The van der Waals surface area contributed by atoms with Crippen LogP contribution in [0.15, 0.2) is 42.5 Å². The summed E-state index contributed by atoms with van der Waals surface area (Å²) >= 11 is -1.60. The first-order valence-electron chi connectivity index (χ1n) is 7.71. The van der Waals surface area contributed by atoms with E-state index in [0.717, 1.165) is 0 Å². The second-order valence-corrected chi connectivity index (χ2v) is 16.6. The molecule has 2 aromatic carbocycles. The molecule has 0 heterocycles. The van der Waals surface area contributed by atoms with E-state index in [1.54, 1.807) is 5.56 Å². The average molecular weight is 430 g/mol. The molecule has 3 rings (SSSR count). The molecule has 0 amide bonds. The zero-order valence-electron chi connectivity index (χ0n) is 12.7. The predicted molar refractivity (Wildman–Crippen MR) is 85.9 cm³/mol. The molecule has 0 aromatic heterocycles. The van der Waals surface area contributed by atoms with Gasteiger partial charge in [-0.25, -0.2) is 0 Å². The van der Waals surface area contributed by atoms with E-state index in [2.05, 4.69) is 64.8 Å². The van der Waals surface area contributed by atoms with Crippen molar-refractivity contribution in [2.75, 3.05) is 0 Å². The third-order valence-corrected chi connectivity index (χ3v) is 13.6. The Bertz CT molecular complexity index is 654. The molecule has 1 aliphatic carbocycles. The molecular formula is C19H23Hf. The average Bonchev–Trinajstić information content (AvgIpc) is 2.85. The maximum atomic E-state index is 2.58. The molecular weight excluding hydrogens is 407 g/mol. The van der Waals surface area contributed by atoms with Gasteiger partial charge in [-0.15, -0.1) is 0 Å². The molecule has 103 valence electrons. The van der Waals surface area contributed by atoms with Crippen LogP contribution in [0, 0.1) is 0 Å². The molecule has 1 heteroatoms. The molecule has 1 atom stereocenters. The Kier molecular flexibility index (Phi) is 3.99. The van der Waals surface area contributed by atoms with E-state index in [-0.39, 0.29) is 0 Å². The fourth-order valence-electron chi connectivity index (χ4n) is 3.57. The molecule has 0 nitrogen and oxygen atoms in total. The molecule has 2 aromatic rings. The van der Waals surface area contributed by atoms with Gasteiger partial charge < -0.3 is 0 Å². The van der Waals surface area contributed by atoms with Crippen LogP contribution in [-0.2, 0) is 24.6 Å². The third kappa shape index (κ3) is 2.15. The van der Waals surface area contributed by atoms with Gasteiger partial charge in [0.15, 0.2) is 0 Å². The zero-order valence-corrected chi connectivity index (χ0v) is 16.3. The van der Waals surface area contributed by atoms with Crippen molar-refractivity contribution in [3.63, 3.8) is 0 Å². The molecule has 0 radical (unpaired) electrons. The van der Waals surface area contributed by atoms with Gasteiger partial charge in [0.2, 0.25) is 0 Å². The van der Waals surface area contributed by atoms with Crippen LogP contribution in [0.5, 0.6) is 0 Å². The van der Waals surface area contributed by atoms with Crippen LogP contribution >= 0.6 is 0 Å². The van der Waals surface area contributed by atoms with Crippen LogP contribution in [0.1, 0.15) is 37.3 Å². The van der Waals surface area contributed by atoms with Crippen LogP contribution in [0.2, 0.25) is 9.36 Å². The Morgan fingerprint density at radius 2 is 1.85 bits per heavy atom. The van der Waals surface area contributed by atoms with E-state index in [1.807, 2.05) is 0 Å². The summed E-state index contributed by atoms with van der Waals surface area (Å²) in [6, 6.07) is 13.6. The number of benzene rings is 2. The summed E-state index contributed by atoms with van der Waals surface area (Å²) in [5.41, 5.74) is 3.14. The number of unbranched alkanes of at least 4 members (excludes halogenated alkanes) is 1. The van der Waals surface area contributed by atoms with Crippen LogP contribution in [0.25, 0.3) is 16.8 Å². The fraction of sp³-hybridized carbons (Fsp3) is 0.368. The van der Waals surface area contributed by atoms with Crippen molar-refractivity contribution in [2.45, 2.75) is 38.7 Å². The Morgan fingerprint density at radius 1 is 1.05 bits per heavy atom. The Morgan fingerprint density at radius 3 is 2.60 bits per heavy atom. The molecule has 0 spiro atoms. The van der Waals surface area contributed by atoms with Gasteiger partial charge in [-0.05, 0) is 0 Å². The van der Waals surface area contributed by atoms with E-state index in [1.165, 1.54) is 35.6 Å². The second kappa shape index (κ2) is 5.60. The standard InChI is InChI=1S/C17H17.2CH3.Hf/c1-2-3-6-14-11-12-15-10-9-13-7-4-5-8-16(13)17(14)15;;;/h4-5,7-12H,2-3,6H2,1H3;2*1H3;. The molecule has 0 fully saturated rings. The Hall–Kier alpha value is -0.690. The van der Waals surface area contributed by atoms with Crippen molar-refractivity contribution in [1.82, 2.24) is 0 Å². The summed E-state index contributed by atoms with van der Waals surface area (Å²) in [5.74, 6) is 0. The van der Waals surface area contributed by atoms with Crippen molar-refractivity contribution < 1.29 is 21.4 Å². The van der Waals surface area contributed by atoms with Crippen LogP contribution < -0.4 is 0 Å². The number of hydrogen-bond acceptors (Lipinski definition) is 0. The SMILES string of the molecule is CCCC[C]1([Hf]([CH3])[CH3])C=Cc2ccc3ccccc3c21. The van der Waals surface area contributed by atoms with E-state index in [0.29, 0.717) is 3.17 Å². The van der Waals surface area contributed by atoms with Crippen molar-refractivity contribution in [1.29, 1.82) is 0 Å². The Labute approximate surface area is 130 Å². The van der Waals surface area contributed by atoms with Gasteiger partial charge in [-0.3, -0.25) is 0 Å². The molecule has 1 unspecified atom stereocenters. The van der Waals surface area contributed by atoms with Crippen LogP contribution in [0.3, 0.4) is 0 Å². The monoisotopic (exact) mass is 431 g/mol. The summed E-state index contributed by atoms with van der Waals surface area (Å²) < 4.78 is 5.61. The first kappa shape index (κ1) is 14.3. The molecule has 1 aliphatic rings. The van der Waals surface area contributed by atoms with Crippen molar-refractivity contribution in [2.24, 2.45) is 0 Å². The number of rotatable bonds is 4. The van der Waals surface area contributed by atoms with Crippen molar-refractivity contribution in [3.8, 4) is 0 Å². The van der Waals surface area contributed by atoms with E-state index >= 15 is 0 Å². The van der Waals surface area contributed by atoms with Gasteiger partial charge in [-0.1, -0.05) is 0 Å². The molecule has 0 saturated carbocycles. The zero-order chi connectivity index (χ0) is 14.2. The number of allylic oxidation sites excluding steroid dienone is 1. The molecule has 0 bridgehead atoms. The van der Waals surface area contributed by atoms with Gasteiger partial charge in [0.05, 0.1) is 0 Å². The number of fused-ring (bicyclic) bond motifs is 3. The van der Waals surface area contributed by atoms with Gasteiger partial charge in [0.1, 0.15) is 0 Å². The van der Waals surface area contributed by atoms with E-state index < -0.39 is 21.4 Å². The first-order valence-corrected chi connectivity index (χ1v) is 16.7. The van der Waals surface area contributed by atoms with E-state index in [4.69, 9.17) is 0 Å². The first-order chi connectivity index (χ1) is 9.69. The molecule has 0 saturated heterocycles. The van der Waals surface area contributed by atoms with Crippen LogP contribution in [-0.4, -0.2) is 0 Å². The molecule has 0 aliphatic heterocycles. The quantitative estimate of drug-likeness (QED) is 0.525. The molecule has 20 heavy (non-hydrogen) atoms. The predicted octanol–water partition coefficient (Wildman–Crippen LogP) is 5.97. The van der Waals surface area contributed by atoms with Crippen molar-refractivity contribution in [3.05, 3.63) is 53.6 Å². The molecule has 0 N–H and O–H groups in total. The topological polar surface area (TPSA) is 0 Å². The summed E-state index contributed by atoms with van der Waals surface area (Å²) in [6.45, 7) is 2.31. The minimum absolute atomic E-state index is 0.441. The second-order valence-electron chi connectivity index (χ2n) is 6.16. The van der Waals surface area contributed by atoms with Crippen molar-refractivity contribution >= 4 is 16.8 Å². The van der Waals surface area contributed by atoms with Crippen LogP contribution in [0.4, 0.5) is 0 Å². The van der Waals surface area contributed by atoms with Gasteiger partial charge >= 0.3 is 131 Å². The normalized spacial score (nSPS) is 20.4. The maximum absolute atomic E-state index is 2.58. The third-order valence-electron chi connectivity index (χ3n) is 4.77. The Balaban J connectivity index is 2.24. The fourth-order valence-corrected chi connectivity index (χ4v) is 10.3. The van der Waals surface area contributed by atoms with Gasteiger partial charge in [0, 0.05) is 0 Å². The van der Waals surface area contributed by atoms with Gasteiger partial charge in [-0.2, -0.15) is 0 Å². The minimum atomic E-state index is -1.60. The summed E-state index contributed by atoms with van der Waals surface area (Å²) in [4.78, 5) is 0. The summed E-state index contributed by atoms with van der Waals surface area (Å²) in [7, 11) is 0. The number of hydrogen-bond donors (Lipinski definition) is 0. The summed E-state index contributed by atoms with van der Waals surface area (Å²) in [5, 5.41) is 2.90. The van der Waals surface area contributed by atoms with E-state index in [9.17, 15) is 0 Å². The van der Waals surface area contributed by atoms with Gasteiger partial charge in [0.25, 0.3) is 0 Å². The summed E-state index contributed by atoms with van der Waals surface area (Å²) in [6.07, 6.45) is 8.98.